The molecule has 1 rings (SSSR count). The minimum absolute atomic E-state index is 0.0738. The third-order valence-corrected chi connectivity index (χ3v) is 2.89. The molecule has 2 amide bonds. The average Bonchev–Trinajstić information content (AvgIpc) is 2.28. The van der Waals surface area contributed by atoms with Crippen LogP contribution < -0.4 is 0 Å². The summed E-state index contributed by atoms with van der Waals surface area (Å²) in [5, 5.41) is 0. The Hall–Kier alpha value is -1.06. The van der Waals surface area contributed by atoms with E-state index in [2.05, 4.69) is 0 Å². The van der Waals surface area contributed by atoms with Crippen molar-refractivity contribution in [2.45, 2.75) is 45.2 Å². The Morgan fingerprint density at radius 1 is 1.53 bits per heavy atom. The van der Waals surface area contributed by atoms with Gasteiger partial charge >= 0.3 is 6.41 Å². The average molecular weight is 211 g/mol. The molecule has 1 unspecified atom stereocenters. The van der Waals surface area contributed by atoms with E-state index in [9.17, 15) is 9.59 Å². The Morgan fingerprint density at radius 3 is 2.87 bits per heavy atom. The van der Waals surface area contributed by atoms with E-state index in [0.717, 1.165) is 32.2 Å². The second kappa shape index (κ2) is 5.73. The Morgan fingerprint density at radius 2 is 2.27 bits per heavy atom. The maximum absolute atomic E-state index is 11.7. The Bertz CT molecular complexity index is 231. The molecule has 1 fully saturated rings. The number of hydrogen-bond acceptors (Lipinski definition) is 2. The molecule has 0 saturated carbocycles. The standard InChI is InChI=1S/C11H19N2O2/c1-3-6-11(15)12(2)10-7-4-5-8-13(10)9-14/h10H,3-8H2,1-2H3. The Kier molecular flexibility index (Phi) is 4.59. The van der Waals surface area contributed by atoms with E-state index >= 15 is 0 Å². The molecule has 0 aliphatic carbocycles. The van der Waals surface area contributed by atoms with Crippen molar-refractivity contribution in [2.24, 2.45) is 0 Å². The zero-order chi connectivity index (χ0) is 11.3. The quantitative estimate of drug-likeness (QED) is 0.699. The monoisotopic (exact) mass is 211 g/mol. The summed E-state index contributed by atoms with van der Waals surface area (Å²) in [5.74, 6) is 0.115. The Labute approximate surface area is 91.2 Å². The van der Waals surface area contributed by atoms with Crippen LogP contribution in [0.3, 0.4) is 0 Å². The van der Waals surface area contributed by atoms with Crippen LogP contribution >= 0.6 is 0 Å². The van der Waals surface area contributed by atoms with E-state index in [0.29, 0.717) is 6.42 Å². The number of rotatable bonds is 4. The lowest BCUT2D eigenvalue weighted by Gasteiger charge is -2.38. The van der Waals surface area contributed by atoms with Gasteiger partial charge in [0.1, 0.15) is 6.17 Å². The van der Waals surface area contributed by atoms with E-state index in [1.807, 2.05) is 13.3 Å². The highest BCUT2D eigenvalue weighted by Crippen LogP contribution is 2.18. The third-order valence-electron chi connectivity index (χ3n) is 2.89. The molecule has 1 radical (unpaired) electrons. The van der Waals surface area contributed by atoms with E-state index in [4.69, 9.17) is 0 Å². The van der Waals surface area contributed by atoms with Crippen LogP contribution in [-0.2, 0) is 9.59 Å². The summed E-state index contributed by atoms with van der Waals surface area (Å²) in [7, 11) is 1.78. The van der Waals surface area contributed by atoms with Crippen LogP contribution in [0.2, 0.25) is 0 Å². The largest absolute Gasteiger partial charge is 0.325 e. The number of amides is 2. The maximum Gasteiger partial charge on any atom is 0.313 e. The van der Waals surface area contributed by atoms with Crippen LogP contribution in [0, 0.1) is 0 Å². The summed E-state index contributed by atoms with van der Waals surface area (Å²) in [4.78, 5) is 25.7. The number of piperidine rings is 1. The van der Waals surface area contributed by atoms with Gasteiger partial charge in [-0.3, -0.25) is 9.59 Å². The predicted molar refractivity (Wildman–Crippen MR) is 57.7 cm³/mol. The molecule has 0 bridgehead atoms. The molecule has 85 valence electrons. The number of likely N-dealkylation sites (tertiary alicyclic amines) is 1. The van der Waals surface area contributed by atoms with Crippen molar-refractivity contribution >= 4 is 12.3 Å². The van der Waals surface area contributed by atoms with E-state index in [-0.39, 0.29) is 12.1 Å². The fourth-order valence-corrected chi connectivity index (χ4v) is 1.98. The highest BCUT2D eigenvalue weighted by atomic mass is 16.2. The molecular weight excluding hydrogens is 192 g/mol. The molecule has 0 spiro atoms. The fourth-order valence-electron chi connectivity index (χ4n) is 1.98. The summed E-state index contributed by atoms with van der Waals surface area (Å²) in [6.07, 6.45) is 6.22. The van der Waals surface area contributed by atoms with Crippen LogP contribution in [0.15, 0.2) is 0 Å². The molecule has 15 heavy (non-hydrogen) atoms. The smallest absolute Gasteiger partial charge is 0.313 e. The SMILES string of the molecule is CCCC(=O)N(C)C1CCCCN1[C]=O. The zero-order valence-corrected chi connectivity index (χ0v) is 9.53. The second-order valence-electron chi connectivity index (χ2n) is 4.02. The first-order chi connectivity index (χ1) is 7.20. The van der Waals surface area contributed by atoms with Crippen molar-refractivity contribution < 1.29 is 9.59 Å². The van der Waals surface area contributed by atoms with Gasteiger partial charge in [0.05, 0.1) is 0 Å². The molecule has 1 saturated heterocycles. The summed E-state index contributed by atoms with van der Waals surface area (Å²) >= 11 is 0. The minimum atomic E-state index is -0.0738. The van der Waals surface area contributed by atoms with Gasteiger partial charge in [0, 0.05) is 20.0 Å². The van der Waals surface area contributed by atoms with Crippen LogP contribution in [0.4, 0.5) is 0 Å². The number of hydrogen-bond donors (Lipinski definition) is 0. The molecule has 1 aliphatic rings. The van der Waals surface area contributed by atoms with Gasteiger partial charge < -0.3 is 9.80 Å². The first kappa shape index (κ1) is 12.0. The minimum Gasteiger partial charge on any atom is -0.325 e. The zero-order valence-electron chi connectivity index (χ0n) is 9.53. The normalized spacial score (nSPS) is 21.2. The van der Waals surface area contributed by atoms with Crippen molar-refractivity contribution in [1.29, 1.82) is 0 Å². The Balaban J connectivity index is 2.58. The van der Waals surface area contributed by atoms with Crippen LogP contribution in [0.5, 0.6) is 0 Å². The van der Waals surface area contributed by atoms with Gasteiger partial charge in [0.15, 0.2) is 0 Å². The third kappa shape index (κ3) is 2.94. The second-order valence-corrected chi connectivity index (χ2v) is 4.02. The first-order valence-electron chi connectivity index (χ1n) is 5.60. The van der Waals surface area contributed by atoms with Crippen molar-refractivity contribution in [1.82, 2.24) is 9.80 Å². The van der Waals surface area contributed by atoms with Gasteiger partial charge in [-0.1, -0.05) is 6.92 Å². The number of carbonyl (C=O) groups excluding carboxylic acids is 2. The lowest BCUT2D eigenvalue weighted by molar-refractivity contribution is -0.135. The van der Waals surface area contributed by atoms with Crippen molar-refractivity contribution in [3.05, 3.63) is 0 Å². The first-order valence-corrected chi connectivity index (χ1v) is 5.60. The molecule has 4 heteroatoms. The van der Waals surface area contributed by atoms with E-state index in [1.165, 1.54) is 0 Å². The van der Waals surface area contributed by atoms with Gasteiger partial charge in [0.25, 0.3) is 0 Å². The maximum atomic E-state index is 11.7. The highest BCUT2D eigenvalue weighted by Gasteiger charge is 2.27. The van der Waals surface area contributed by atoms with E-state index < -0.39 is 0 Å². The summed E-state index contributed by atoms with van der Waals surface area (Å²) in [6, 6.07) is 0. The molecule has 1 aliphatic heterocycles. The van der Waals surface area contributed by atoms with Gasteiger partial charge in [-0.15, -0.1) is 0 Å². The number of nitrogens with zero attached hydrogens (tertiary/aromatic N) is 2. The highest BCUT2D eigenvalue weighted by molar-refractivity contribution is 5.76. The number of carbonyl (C=O) groups is 1. The lowest BCUT2D eigenvalue weighted by atomic mass is 10.1. The molecule has 0 aromatic heterocycles. The van der Waals surface area contributed by atoms with Gasteiger partial charge in [-0.2, -0.15) is 0 Å². The van der Waals surface area contributed by atoms with Gasteiger partial charge in [0.2, 0.25) is 5.91 Å². The molecule has 0 aromatic carbocycles. The molecule has 1 heterocycles. The summed E-state index contributed by atoms with van der Waals surface area (Å²) in [5.41, 5.74) is 0. The van der Waals surface area contributed by atoms with Gasteiger partial charge in [-0.05, 0) is 25.7 Å². The van der Waals surface area contributed by atoms with Crippen molar-refractivity contribution in [3.8, 4) is 0 Å². The topological polar surface area (TPSA) is 40.6 Å². The molecule has 0 N–H and O–H groups in total. The van der Waals surface area contributed by atoms with Crippen LogP contribution in [0.1, 0.15) is 39.0 Å². The van der Waals surface area contributed by atoms with Crippen LogP contribution in [0.25, 0.3) is 0 Å². The lowest BCUT2D eigenvalue weighted by Crippen LogP contribution is -2.50. The van der Waals surface area contributed by atoms with E-state index in [1.54, 1.807) is 16.8 Å². The summed E-state index contributed by atoms with van der Waals surface area (Å²) in [6.45, 7) is 2.70. The van der Waals surface area contributed by atoms with Crippen molar-refractivity contribution in [3.63, 3.8) is 0 Å². The molecular formula is C11H19N2O2. The van der Waals surface area contributed by atoms with Crippen molar-refractivity contribution in [2.75, 3.05) is 13.6 Å². The predicted octanol–water partition coefficient (Wildman–Crippen LogP) is 1.12. The van der Waals surface area contributed by atoms with Crippen LogP contribution in [-0.4, -0.2) is 41.9 Å². The molecule has 1 atom stereocenters. The summed E-state index contributed by atoms with van der Waals surface area (Å²) < 4.78 is 0. The van der Waals surface area contributed by atoms with Gasteiger partial charge in [-0.25, -0.2) is 0 Å². The molecule has 0 aromatic rings. The fraction of sp³-hybridized carbons (Fsp3) is 0.818. The molecule has 4 nitrogen and oxygen atoms in total.